The second kappa shape index (κ2) is 6.39. The fourth-order valence-corrected chi connectivity index (χ4v) is 4.51. The molecule has 0 aliphatic heterocycles. The van der Waals surface area contributed by atoms with Gasteiger partial charge >= 0.3 is 0 Å². The summed E-state index contributed by atoms with van der Waals surface area (Å²) in [4.78, 5) is 20.7. The highest BCUT2D eigenvalue weighted by atomic mass is 16.5. The van der Waals surface area contributed by atoms with Gasteiger partial charge in [0.15, 0.2) is 0 Å². The van der Waals surface area contributed by atoms with Crippen LogP contribution in [0.4, 0.5) is 5.82 Å². The summed E-state index contributed by atoms with van der Waals surface area (Å²) in [6.45, 7) is 6.36. The number of amides is 1. The molecule has 1 aromatic heterocycles. The first-order chi connectivity index (χ1) is 12.5. The van der Waals surface area contributed by atoms with Crippen molar-refractivity contribution in [3.05, 3.63) is 12.4 Å². The molecule has 3 aliphatic rings. The van der Waals surface area contributed by atoms with Gasteiger partial charge in [0, 0.05) is 31.0 Å². The minimum Gasteiger partial charge on any atom is -0.478 e. The third-order valence-electron chi connectivity index (χ3n) is 6.84. The summed E-state index contributed by atoms with van der Waals surface area (Å²) in [5.74, 6) is 1.60. The Labute approximate surface area is 155 Å². The lowest BCUT2D eigenvalue weighted by Gasteiger charge is -2.33. The maximum atomic E-state index is 12.3. The van der Waals surface area contributed by atoms with E-state index in [1.165, 1.54) is 44.9 Å². The fraction of sp³-hybridized carbons (Fsp3) is 0.750. The Morgan fingerprint density at radius 2 is 2.04 bits per heavy atom. The molecule has 3 fully saturated rings. The number of ether oxygens (including phenoxy) is 1. The quantitative estimate of drug-likeness (QED) is 0.709. The van der Waals surface area contributed by atoms with Crippen LogP contribution in [-0.2, 0) is 4.79 Å². The highest BCUT2D eigenvalue weighted by molar-refractivity contribution is 5.77. The van der Waals surface area contributed by atoms with Crippen molar-refractivity contribution in [1.82, 2.24) is 15.3 Å². The van der Waals surface area contributed by atoms with E-state index in [2.05, 4.69) is 27.5 Å². The number of hydrogen-bond acceptors (Lipinski definition) is 5. The zero-order chi connectivity index (χ0) is 18.3. The summed E-state index contributed by atoms with van der Waals surface area (Å²) in [6, 6.07) is 1.85. The largest absolute Gasteiger partial charge is 0.478 e. The van der Waals surface area contributed by atoms with Crippen molar-refractivity contribution in [2.24, 2.45) is 16.2 Å². The van der Waals surface area contributed by atoms with Crippen molar-refractivity contribution < 1.29 is 9.53 Å². The molecule has 1 amide bonds. The zero-order valence-corrected chi connectivity index (χ0v) is 15.9. The van der Waals surface area contributed by atoms with Gasteiger partial charge < -0.3 is 15.4 Å². The molecular formula is C20H30N4O2. The smallest absolute Gasteiger partial charge is 0.220 e. The standard InChI is InChI=1S/C20H30N4O2/c1-3-26-17-9-15(23-14-24-17)21-12-20(11-19(20)5-4-6-19)13-22-16(25)10-18(2)7-8-18/h9,14H,3-8,10-13H2,1-2H3,(H,22,25)(H,21,23,24). The van der Waals surface area contributed by atoms with E-state index in [4.69, 9.17) is 4.74 Å². The molecule has 6 heteroatoms. The first-order valence-electron chi connectivity index (χ1n) is 9.94. The van der Waals surface area contributed by atoms with Crippen molar-refractivity contribution in [2.75, 3.05) is 25.0 Å². The van der Waals surface area contributed by atoms with Crippen LogP contribution in [-0.4, -0.2) is 35.6 Å². The summed E-state index contributed by atoms with van der Waals surface area (Å²) in [6.07, 6.45) is 9.67. The van der Waals surface area contributed by atoms with Gasteiger partial charge in [0.25, 0.3) is 0 Å². The van der Waals surface area contributed by atoms with Crippen molar-refractivity contribution in [2.45, 2.75) is 58.8 Å². The van der Waals surface area contributed by atoms with Crippen LogP contribution in [0, 0.1) is 16.2 Å². The van der Waals surface area contributed by atoms with Crippen LogP contribution in [0.15, 0.2) is 12.4 Å². The Hall–Kier alpha value is -1.85. The molecule has 0 radical (unpaired) electrons. The van der Waals surface area contributed by atoms with E-state index >= 15 is 0 Å². The highest BCUT2D eigenvalue weighted by Gasteiger charge is 2.68. The van der Waals surface area contributed by atoms with E-state index < -0.39 is 0 Å². The number of hydrogen-bond donors (Lipinski definition) is 2. The van der Waals surface area contributed by atoms with E-state index in [9.17, 15) is 4.79 Å². The molecular weight excluding hydrogens is 328 g/mol. The predicted octanol–water partition coefficient (Wildman–Crippen LogP) is 3.15. The van der Waals surface area contributed by atoms with Crippen molar-refractivity contribution in [3.63, 3.8) is 0 Å². The lowest BCUT2D eigenvalue weighted by Crippen LogP contribution is -2.39. The SMILES string of the molecule is CCOc1cc(NCC2(CNC(=O)CC3(C)CC3)CC23CCC3)ncn1. The molecule has 1 unspecified atom stereocenters. The molecule has 1 spiro atoms. The summed E-state index contributed by atoms with van der Waals surface area (Å²) >= 11 is 0. The van der Waals surface area contributed by atoms with Crippen molar-refractivity contribution >= 4 is 11.7 Å². The Balaban J connectivity index is 1.35. The van der Waals surface area contributed by atoms with Crippen LogP contribution in [0.25, 0.3) is 0 Å². The molecule has 1 atom stereocenters. The maximum absolute atomic E-state index is 12.3. The van der Waals surface area contributed by atoms with E-state index in [1.807, 2.05) is 13.0 Å². The van der Waals surface area contributed by atoms with E-state index in [-0.39, 0.29) is 16.7 Å². The lowest BCUT2D eigenvalue weighted by molar-refractivity contribution is -0.122. The zero-order valence-electron chi connectivity index (χ0n) is 15.9. The Bertz CT molecular complexity index is 684. The molecule has 4 rings (SSSR count). The number of carbonyl (C=O) groups excluding carboxylic acids is 1. The Morgan fingerprint density at radius 3 is 2.65 bits per heavy atom. The van der Waals surface area contributed by atoms with Gasteiger partial charge in [-0.05, 0) is 49.9 Å². The average molecular weight is 358 g/mol. The molecule has 26 heavy (non-hydrogen) atoms. The van der Waals surface area contributed by atoms with Crippen LogP contribution in [0.2, 0.25) is 0 Å². The van der Waals surface area contributed by atoms with Crippen LogP contribution in [0.5, 0.6) is 5.88 Å². The summed E-state index contributed by atoms with van der Waals surface area (Å²) in [7, 11) is 0. The third-order valence-corrected chi connectivity index (χ3v) is 6.84. The molecule has 6 nitrogen and oxygen atoms in total. The number of nitrogens with zero attached hydrogens (tertiary/aromatic N) is 2. The Kier molecular flexibility index (Phi) is 4.32. The second-order valence-electron chi connectivity index (χ2n) is 8.88. The molecule has 142 valence electrons. The summed E-state index contributed by atoms with van der Waals surface area (Å²) in [5.41, 5.74) is 0.873. The Morgan fingerprint density at radius 1 is 1.23 bits per heavy atom. The van der Waals surface area contributed by atoms with E-state index in [0.29, 0.717) is 24.3 Å². The van der Waals surface area contributed by atoms with Gasteiger partial charge in [-0.2, -0.15) is 0 Å². The van der Waals surface area contributed by atoms with Gasteiger partial charge in [-0.25, -0.2) is 9.97 Å². The van der Waals surface area contributed by atoms with Gasteiger partial charge in [0.05, 0.1) is 6.61 Å². The molecule has 0 aromatic carbocycles. The third kappa shape index (κ3) is 3.38. The summed E-state index contributed by atoms with van der Waals surface area (Å²) < 4.78 is 5.45. The normalized spacial score (nSPS) is 26.7. The first-order valence-corrected chi connectivity index (χ1v) is 9.94. The monoisotopic (exact) mass is 358 g/mol. The summed E-state index contributed by atoms with van der Waals surface area (Å²) in [5, 5.41) is 6.71. The van der Waals surface area contributed by atoms with Crippen LogP contribution < -0.4 is 15.4 Å². The second-order valence-corrected chi connectivity index (χ2v) is 8.88. The number of carbonyl (C=O) groups is 1. The van der Waals surface area contributed by atoms with Crippen LogP contribution in [0.3, 0.4) is 0 Å². The van der Waals surface area contributed by atoms with Crippen LogP contribution in [0.1, 0.15) is 58.8 Å². The lowest BCUT2D eigenvalue weighted by atomic mass is 9.75. The van der Waals surface area contributed by atoms with E-state index in [0.717, 1.165) is 18.9 Å². The van der Waals surface area contributed by atoms with Gasteiger partial charge in [0.2, 0.25) is 11.8 Å². The van der Waals surface area contributed by atoms with Gasteiger partial charge in [-0.1, -0.05) is 13.3 Å². The highest BCUT2D eigenvalue weighted by Crippen LogP contribution is 2.73. The van der Waals surface area contributed by atoms with Crippen molar-refractivity contribution in [3.8, 4) is 5.88 Å². The number of rotatable bonds is 9. The first kappa shape index (κ1) is 17.6. The molecule has 0 saturated heterocycles. The van der Waals surface area contributed by atoms with Gasteiger partial charge in [-0.3, -0.25) is 4.79 Å². The minimum atomic E-state index is 0.169. The molecule has 2 N–H and O–H groups in total. The number of anilines is 1. The molecule has 3 saturated carbocycles. The van der Waals surface area contributed by atoms with Gasteiger partial charge in [-0.15, -0.1) is 0 Å². The molecule has 3 aliphatic carbocycles. The van der Waals surface area contributed by atoms with Gasteiger partial charge in [0.1, 0.15) is 12.1 Å². The molecule has 1 aromatic rings. The number of aromatic nitrogens is 2. The topological polar surface area (TPSA) is 76.1 Å². The maximum Gasteiger partial charge on any atom is 0.220 e. The predicted molar refractivity (Wildman–Crippen MR) is 100.0 cm³/mol. The molecule has 0 bridgehead atoms. The van der Waals surface area contributed by atoms with Crippen LogP contribution >= 0.6 is 0 Å². The minimum absolute atomic E-state index is 0.169. The fourth-order valence-electron chi connectivity index (χ4n) is 4.51. The van der Waals surface area contributed by atoms with E-state index in [1.54, 1.807) is 0 Å². The van der Waals surface area contributed by atoms with Crippen molar-refractivity contribution in [1.29, 1.82) is 0 Å². The number of nitrogens with one attached hydrogen (secondary N) is 2. The average Bonchev–Trinajstić information content (AvgIpc) is 3.47. The molecule has 1 heterocycles.